The molecule has 0 spiro atoms. The quantitative estimate of drug-likeness (QED) is 0.846. The Labute approximate surface area is 120 Å². The molecule has 0 saturated heterocycles. The van der Waals surface area contributed by atoms with E-state index in [1.165, 1.54) is 0 Å². The highest BCUT2D eigenvalue weighted by molar-refractivity contribution is 9.10. The Balaban J connectivity index is 2.04. The van der Waals surface area contributed by atoms with Crippen molar-refractivity contribution in [3.63, 3.8) is 0 Å². The third kappa shape index (κ3) is 2.15. The topological polar surface area (TPSA) is 49.6 Å². The van der Waals surface area contributed by atoms with Crippen LogP contribution in [0.5, 0.6) is 0 Å². The molecule has 1 aromatic heterocycles. The first-order valence-electron chi connectivity index (χ1n) is 6.24. The number of benzene rings is 1. The van der Waals surface area contributed by atoms with Crippen LogP contribution in [0.1, 0.15) is 25.1 Å². The standard InChI is InChI=1S/C15H12BrN3/c16-12-4-1-3-11(9-12)13-5-8-18-14(19-13)15(10-17)6-2-7-15/h1,3-5,8-9H,2,6-7H2. The van der Waals surface area contributed by atoms with E-state index in [4.69, 9.17) is 0 Å². The lowest BCUT2D eigenvalue weighted by atomic mass is 9.69. The zero-order valence-electron chi connectivity index (χ0n) is 10.3. The van der Waals surface area contributed by atoms with Crippen molar-refractivity contribution in [2.45, 2.75) is 24.7 Å². The Morgan fingerprint density at radius 2 is 2.11 bits per heavy atom. The van der Waals surface area contributed by atoms with Gasteiger partial charge in [0, 0.05) is 16.2 Å². The SMILES string of the molecule is N#CC1(c2nccc(-c3cccc(Br)c3)n2)CCC1. The second-order valence-electron chi connectivity index (χ2n) is 4.82. The summed E-state index contributed by atoms with van der Waals surface area (Å²) < 4.78 is 1.02. The minimum absolute atomic E-state index is 0.456. The second kappa shape index (κ2) is 4.75. The molecule has 19 heavy (non-hydrogen) atoms. The van der Waals surface area contributed by atoms with Crippen molar-refractivity contribution < 1.29 is 0 Å². The van der Waals surface area contributed by atoms with Crippen molar-refractivity contribution in [1.29, 1.82) is 5.26 Å². The van der Waals surface area contributed by atoms with Gasteiger partial charge in [-0.15, -0.1) is 0 Å². The molecule has 0 bridgehead atoms. The lowest BCUT2D eigenvalue weighted by Gasteiger charge is -2.33. The third-order valence-corrected chi connectivity index (χ3v) is 4.12. The number of halogens is 1. The van der Waals surface area contributed by atoms with E-state index in [-0.39, 0.29) is 0 Å². The highest BCUT2D eigenvalue weighted by atomic mass is 79.9. The van der Waals surface area contributed by atoms with Crippen LogP contribution in [0.4, 0.5) is 0 Å². The Kier molecular flexibility index (Phi) is 3.08. The molecule has 3 rings (SSSR count). The predicted octanol–water partition coefficient (Wildman–Crippen LogP) is 3.85. The van der Waals surface area contributed by atoms with Crippen LogP contribution in [-0.4, -0.2) is 9.97 Å². The molecule has 1 aliphatic carbocycles. The molecular formula is C15H12BrN3. The summed E-state index contributed by atoms with van der Waals surface area (Å²) in [6.07, 6.45) is 4.56. The zero-order valence-corrected chi connectivity index (χ0v) is 11.9. The fourth-order valence-corrected chi connectivity index (χ4v) is 2.71. The van der Waals surface area contributed by atoms with Crippen LogP contribution in [-0.2, 0) is 5.41 Å². The van der Waals surface area contributed by atoms with Crippen molar-refractivity contribution in [1.82, 2.24) is 9.97 Å². The molecule has 1 fully saturated rings. The summed E-state index contributed by atoms with van der Waals surface area (Å²) in [7, 11) is 0. The third-order valence-electron chi connectivity index (χ3n) is 3.63. The number of nitriles is 1. The molecule has 1 saturated carbocycles. The number of rotatable bonds is 2. The van der Waals surface area contributed by atoms with E-state index in [0.717, 1.165) is 35.0 Å². The maximum absolute atomic E-state index is 9.36. The van der Waals surface area contributed by atoms with E-state index in [1.54, 1.807) is 6.20 Å². The van der Waals surface area contributed by atoms with E-state index in [2.05, 4.69) is 32.0 Å². The average Bonchev–Trinajstić information content (AvgIpc) is 2.39. The van der Waals surface area contributed by atoms with Crippen LogP contribution < -0.4 is 0 Å². The second-order valence-corrected chi connectivity index (χ2v) is 5.74. The largest absolute Gasteiger partial charge is 0.240 e. The minimum Gasteiger partial charge on any atom is -0.240 e. The van der Waals surface area contributed by atoms with Crippen LogP contribution in [0.2, 0.25) is 0 Å². The van der Waals surface area contributed by atoms with Crippen molar-refractivity contribution >= 4 is 15.9 Å². The van der Waals surface area contributed by atoms with Crippen LogP contribution >= 0.6 is 15.9 Å². The summed E-state index contributed by atoms with van der Waals surface area (Å²) in [5, 5.41) is 9.36. The summed E-state index contributed by atoms with van der Waals surface area (Å²) in [6.45, 7) is 0. The van der Waals surface area contributed by atoms with E-state index in [1.807, 2.05) is 30.3 Å². The number of nitrogens with zero attached hydrogens (tertiary/aromatic N) is 3. The molecule has 3 nitrogen and oxygen atoms in total. The maximum atomic E-state index is 9.36. The molecule has 2 aromatic rings. The Morgan fingerprint density at radius 1 is 1.26 bits per heavy atom. The van der Waals surface area contributed by atoms with Gasteiger partial charge in [0.15, 0.2) is 0 Å². The Morgan fingerprint density at radius 3 is 2.74 bits per heavy atom. The highest BCUT2D eigenvalue weighted by Gasteiger charge is 2.41. The predicted molar refractivity (Wildman–Crippen MR) is 76.3 cm³/mol. The first kappa shape index (κ1) is 12.3. The van der Waals surface area contributed by atoms with Crippen LogP contribution in [0.15, 0.2) is 41.0 Å². The molecule has 4 heteroatoms. The van der Waals surface area contributed by atoms with Crippen LogP contribution in [0, 0.1) is 11.3 Å². The monoisotopic (exact) mass is 313 g/mol. The number of aromatic nitrogens is 2. The van der Waals surface area contributed by atoms with Gasteiger partial charge in [-0.25, -0.2) is 9.97 Å². The van der Waals surface area contributed by atoms with Gasteiger partial charge in [0.2, 0.25) is 0 Å². The Bertz CT molecular complexity index is 656. The first-order chi connectivity index (χ1) is 9.23. The molecule has 0 radical (unpaired) electrons. The molecular weight excluding hydrogens is 302 g/mol. The summed E-state index contributed by atoms with van der Waals surface area (Å²) in [5.74, 6) is 0.665. The summed E-state index contributed by atoms with van der Waals surface area (Å²) in [6, 6.07) is 12.3. The van der Waals surface area contributed by atoms with Gasteiger partial charge in [-0.2, -0.15) is 5.26 Å². The Hall–Kier alpha value is -1.73. The van der Waals surface area contributed by atoms with Gasteiger partial charge in [-0.3, -0.25) is 0 Å². The molecule has 0 unspecified atom stereocenters. The van der Waals surface area contributed by atoms with Gasteiger partial charge in [0.25, 0.3) is 0 Å². The number of hydrogen-bond acceptors (Lipinski definition) is 3. The fourth-order valence-electron chi connectivity index (χ4n) is 2.31. The van der Waals surface area contributed by atoms with Gasteiger partial charge < -0.3 is 0 Å². The number of hydrogen-bond donors (Lipinski definition) is 0. The maximum Gasteiger partial charge on any atom is 0.149 e. The summed E-state index contributed by atoms with van der Waals surface area (Å²) >= 11 is 3.46. The van der Waals surface area contributed by atoms with Gasteiger partial charge in [0.05, 0.1) is 11.8 Å². The minimum atomic E-state index is -0.456. The van der Waals surface area contributed by atoms with Crippen molar-refractivity contribution in [2.24, 2.45) is 0 Å². The van der Waals surface area contributed by atoms with E-state index in [9.17, 15) is 5.26 Å². The smallest absolute Gasteiger partial charge is 0.149 e. The van der Waals surface area contributed by atoms with Crippen molar-refractivity contribution in [3.8, 4) is 17.3 Å². The van der Waals surface area contributed by atoms with Gasteiger partial charge >= 0.3 is 0 Å². The molecule has 1 heterocycles. The highest BCUT2D eigenvalue weighted by Crippen LogP contribution is 2.41. The normalized spacial score (nSPS) is 16.4. The fraction of sp³-hybridized carbons (Fsp3) is 0.267. The van der Waals surface area contributed by atoms with Gasteiger partial charge in [0.1, 0.15) is 11.2 Å². The lowest BCUT2D eigenvalue weighted by molar-refractivity contribution is 0.307. The molecule has 0 aliphatic heterocycles. The molecule has 1 aromatic carbocycles. The molecule has 0 atom stereocenters. The van der Waals surface area contributed by atoms with Crippen molar-refractivity contribution in [3.05, 3.63) is 46.8 Å². The van der Waals surface area contributed by atoms with Crippen molar-refractivity contribution in [2.75, 3.05) is 0 Å². The van der Waals surface area contributed by atoms with E-state index >= 15 is 0 Å². The van der Waals surface area contributed by atoms with E-state index < -0.39 is 5.41 Å². The van der Waals surface area contributed by atoms with Gasteiger partial charge in [-0.1, -0.05) is 28.1 Å². The van der Waals surface area contributed by atoms with Gasteiger partial charge in [-0.05, 0) is 37.5 Å². The molecule has 1 aliphatic rings. The molecule has 0 amide bonds. The average molecular weight is 314 g/mol. The van der Waals surface area contributed by atoms with Crippen LogP contribution in [0.25, 0.3) is 11.3 Å². The first-order valence-corrected chi connectivity index (χ1v) is 7.04. The summed E-state index contributed by atoms with van der Waals surface area (Å²) in [5.41, 5.74) is 1.44. The van der Waals surface area contributed by atoms with E-state index in [0.29, 0.717) is 5.82 Å². The van der Waals surface area contributed by atoms with Crippen LogP contribution in [0.3, 0.4) is 0 Å². The zero-order chi connectivity index (χ0) is 13.3. The molecule has 0 N–H and O–H groups in total. The molecule has 94 valence electrons. The lowest BCUT2D eigenvalue weighted by Crippen LogP contribution is -2.34. The summed E-state index contributed by atoms with van der Waals surface area (Å²) in [4.78, 5) is 8.90.